The molecule has 0 aliphatic carbocycles. The standard InChI is InChI=1S/C20H23N3O2S.ClH/c24-20(23-8-5-15(12-23)22-9-6-21-7-10-22)18-11-14-13-25-17-4-2-1-3-16(17)19(14)26-18;/h1-4,11,15,21H,5-10,12-13H2;1H. The Balaban J connectivity index is 0.00000180. The van der Waals surface area contributed by atoms with Crippen LogP contribution in [-0.4, -0.2) is 61.0 Å². The van der Waals surface area contributed by atoms with Crippen LogP contribution < -0.4 is 10.1 Å². The van der Waals surface area contributed by atoms with Crippen molar-refractivity contribution < 1.29 is 9.53 Å². The van der Waals surface area contributed by atoms with Crippen molar-refractivity contribution in [2.75, 3.05) is 39.3 Å². The van der Waals surface area contributed by atoms with E-state index in [1.54, 1.807) is 11.3 Å². The highest BCUT2D eigenvalue weighted by molar-refractivity contribution is 7.17. The number of ether oxygens (including phenoxy) is 1. The van der Waals surface area contributed by atoms with E-state index < -0.39 is 0 Å². The number of halogens is 1. The van der Waals surface area contributed by atoms with Crippen molar-refractivity contribution in [2.45, 2.75) is 19.1 Å². The van der Waals surface area contributed by atoms with Gasteiger partial charge in [-0.05, 0) is 24.6 Å². The molecule has 3 aliphatic heterocycles. The Kier molecular flexibility index (Phi) is 5.41. The van der Waals surface area contributed by atoms with Gasteiger partial charge in [0.2, 0.25) is 0 Å². The van der Waals surface area contributed by atoms with Crippen LogP contribution in [0.15, 0.2) is 30.3 Å². The third kappa shape index (κ3) is 3.47. The number of rotatable bonds is 2. The topological polar surface area (TPSA) is 44.8 Å². The smallest absolute Gasteiger partial charge is 0.264 e. The van der Waals surface area contributed by atoms with Gasteiger partial charge >= 0.3 is 0 Å². The summed E-state index contributed by atoms with van der Waals surface area (Å²) >= 11 is 1.61. The molecule has 1 aromatic carbocycles. The molecule has 144 valence electrons. The quantitative estimate of drug-likeness (QED) is 0.834. The molecule has 0 radical (unpaired) electrons. The van der Waals surface area contributed by atoms with Crippen LogP contribution in [0.4, 0.5) is 0 Å². The van der Waals surface area contributed by atoms with E-state index in [0.717, 1.165) is 67.4 Å². The molecule has 1 N–H and O–H groups in total. The lowest BCUT2D eigenvalue weighted by molar-refractivity contribution is 0.0778. The molecule has 0 spiro atoms. The second-order valence-corrected chi connectivity index (χ2v) is 8.28. The molecular formula is C20H24ClN3O2S. The third-order valence-corrected chi connectivity index (χ3v) is 6.85. The van der Waals surface area contributed by atoms with E-state index in [1.807, 2.05) is 29.2 Å². The lowest BCUT2D eigenvalue weighted by Gasteiger charge is -2.32. The Labute approximate surface area is 169 Å². The number of likely N-dealkylation sites (tertiary alicyclic amines) is 1. The van der Waals surface area contributed by atoms with E-state index in [2.05, 4.69) is 16.3 Å². The summed E-state index contributed by atoms with van der Waals surface area (Å²) < 4.78 is 5.83. The minimum atomic E-state index is 0. The van der Waals surface area contributed by atoms with Gasteiger partial charge in [-0.2, -0.15) is 0 Å². The maximum Gasteiger partial charge on any atom is 0.264 e. The van der Waals surface area contributed by atoms with Crippen LogP contribution in [0.2, 0.25) is 0 Å². The molecule has 3 aliphatic rings. The van der Waals surface area contributed by atoms with Crippen molar-refractivity contribution in [1.29, 1.82) is 0 Å². The highest BCUT2D eigenvalue weighted by Crippen LogP contribution is 2.42. The van der Waals surface area contributed by atoms with Gasteiger partial charge < -0.3 is 15.0 Å². The number of amides is 1. The van der Waals surface area contributed by atoms with E-state index >= 15 is 0 Å². The highest BCUT2D eigenvalue weighted by atomic mass is 35.5. The van der Waals surface area contributed by atoms with E-state index in [-0.39, 0.29) is 18.3 Å². The summed E-state index contributed by atoms with van der Waals surface area (Å²) in [6.07, 6.45) is 1.09. The van der Waals surface area contributed by atoms with Crippen LogP contribution in [0.5, 0.6) is 5.75 Å². The van der Waals surface area contributed by atoms with Gasteiger partial charge in [0.05, 0.1) is 4.88 Å². The fraction of sp³-hybridized carbons (Fsp3) is 0.450. The molecule has 1 aromatic heterocycles. The number of benzene rings is 1. The van der Waals surface area contributed by atoms with E-state index in [0.29, 0.717) is 12.6 Å². The molecule has 2 fully saturated rings. The number of hydrogen-bond acceptors (Lipinski definition) is 5. The van der Waals surface area contributed by atoms with Gasteiger partial charge in [0.15, 0.2) is 0 Å². The average molecular weight is 406 g/mol. The summed E-state index contributed by atoms with van der Waals surface area (Å²) in [5, 5.41) is 3.40. The Morgan fingerprint density at radius 1 is 1.19 bits per heavy atom. The van der Waals surface area contributed by atoms with Gasteiger partial charge in [-0.15, -0.1) is 23.7 Å². The molecule has 2 saturated heterocycles. The Bertz CT molecular complexity index is 834. The number of piperazine rings is 1. The number of nitrogens with one attached hydrogen (secondary N) is 1. The normalized spacial score (nSPS) is 21.8. The molecule has 1 amide bonds. The number of carbonyl (C=O) groups is 1. The fourth-order valence-corrected chi connectivity index (χ4v) is 5.40. The lowest BCUT2D eigenvalue weighted by atomic mass is 10.1. The zero-order chi connectivity index (χ0) is 17.5. The van der Waals surface area contributed by atoms with Gasteiger partial charge in [0, 0.05) is 61.3 Å². The molecule has 5 rings (SSSR count). The number of fused-ring (bicyclic) bond motifs is 3. The SMILES string of the molecule is Cl.O=C(c1cc2c(s1)-c1ccccc1OC2)N1CCC(N2CCNCC2)C1. The minimum absolute atomic E-state index is 0. The van der Waals surface area contributed by atoms with Crippen LogP contribution >= 0.6 is 23.7 Å². The molecule has 1 unspecified atom stereocenters. The molecule has 1 atom stereocenters. The lowest BCUT2D eigenvalue weighted by Crippen LogP contribution is -2.49. The molecule has 27 heavy (non-hydrogen) atoms. The van der Waals surface area contributed by atoms with E-state index in [9.17, 15) is 4.79 Å². The van der Waals surface area contributed by atoms with E-state index in [4.69, 9.17) is 4.74 Å². The third-order valence-electron chi connectivity index (χ3n) is 5.65. The first-order valence-corrected chi connectivity index (χ1v) is 10.2. The Morgan fingerprint density at radius 3 is 2.85 bits per heavy atom. The van der Waals surface area contributed by atoms with Gasteiger partial charge in [-0.1, -0.05) is 12.1 Å². The van der Waals surface area contributed by atoms with Gasteiger partial charge in [0.1, 0.15) is 12.4 Å². The van der Waals surface area contributed by atoms with Crippen molar-refractivity contribution >= 4 is 29.7 Å². The predicted molar refractivity (Wildman–Crippen MR) is 110 cm³/mol. The maximum absolute atomic E-state index is 13.1. The minimum Gasteiger partial charge on any atom is -0.488 e. The van der Waals surface area contributed by atoms with Crippen LogP contribution in [-0.2, 0) is 6.61 Å². The van der Waals surface area contributed by atoms with E-state index in [1.165, 1.54) is 4.88 Å². The number of carbonyl (C=O) groups excluding carboxylic acids is 1. The van der Waals surface area contributed by atoms with Crippen LogP contribution in [0.25, 0.3) is 10.4 Å². The first kappa shape index (κ1) is 18.7. The number of para-hydroxylation sites is 1. The molecule has 0 saturated carbocycles. The van der Waals surface area contributed by atoms with Crippen molar-refractivity contribution in [3.63, 3.8) is 0 Å². The second kappa shape index (κ2) is 7.80. The molecule has 2 aromatic rings. The van der Waals surface area contributed by atoms with Crippen LogP contribution in [0, 0.1) is 0 Å². The highest BCUT2D eigenvalue weighted by Gasteiger charge is 2.32. The summed E-state index contributed by atoms with van der Waals surface area (Å²) in [5.74, 6) is 1.10. The number of thiophene rings is 1. The molecule has 4 heterocycles. The average Bonchev–Trinajstić information content (AvgIpc) is 3.35. The van der Waals surface area contributed by atoms with Gasteiger partial charge in [-0.3, -0.25) is 9.69 Å². The Hall–Kier alpha value is -1.60. The van der Waals surface area contributed by atoms with Gasteiger partial charge in [-0.25, -0.2) is 0 Å². The monoisotopic (exact) mass is 405 g/mol. The zero-order valence-corrected chi connectivity index (χ0v) is 16.8. The first-order chi connectivity index (χ1) is 12.8. The molecular weight excluding hydrogens is 382 g/mol. The summed E-state index contributed by atoms with van der Waals surface area (Å²) in [6, 6.07) is 10.6. The predicted octanol–water partition coefficient (Wildman–Crippen LogP) is 2.85. The van der Waals surface area contributed by atoms with Crippen LogP contribution in [0.3, 0.4) is 0 Å². The largest absolute Gasteiger partial charge is 0.488 e. The molecule has 0 bridgehead atoms. The van der Waals surface area contributed by atoms with Crippen molar-refractivity contribution in [3.8, 4) is 16.2 Å². The summed E-state index contributed by atoms with van der Waals surface area (Å²) in [4.78, 5) is 19.7. The van der Waals surface area contributed by atoms with Crippen molar-refractivity contribution in [3.05, 3.63) is 40.8 Å². The number of hydrogen-bond donors (Lipinski definition) is 1. The summed E-state index contributed by atoms with van der Waals surface area (Å²) in [6.45, 7) is 6.57. The fourth-order valence-electron chi connectivity index (χ4n) is 4.23. The second-order valence-electron chi connectivity index (χ2n) is 7.23. The molecule has 7 heteroatoms. The Morgan fingerprint density at radius 2 is 2.00 bits per heavy atom. The number of nitrogens with zero attached hydrogens (tertiary/aromatic N) is 2. The van der Waals surface area contributed by atoms with Crippen LogP contribution in [0.1, 0.15) is 21.7 Å². The summed E-state index contributed by atoms with van der Waals surface area (Å²) in [7, 11) is 0. The first-order valence-electron chi connectivity index (χ1n) is 9.38. The van der Waals surface area contributed by atoms with Crippen molar-refractivity contribution in [1.82, 2.24) is 15.1 Å². The zero-order valence-electron chi connectivity index (χ0n) is 15.1. The molecule has 5 nitrogen and oxygen atoms in total. The summed E-state index contributed by atoms with van der Waals surface area (Å²) in [5.41, 5.74) is 2.24. The van der Waals surface area contributed by atoms with Crippen molar-refractivity contribution in [2.24, 2.45) is 0 Å². The van der Waals surface area contributed by atoms with Gasteiger partial charge in [0.25, 0.3) is 5.91 Å². The maximum atomic E-state index is 13.1.